The van der Waals surface area contributed by atoms with Gasteiger partial charge < -0.3 is 5.73 Å². The summed E-state index contributed by atoms with van der Waals surface area (Å²) in [5, 5.41) is 0. The molecule has 0 atom stereocenters. The van der Waals surface area contributed by atoms with Crippen molar-refractivity contribution in [3.8, 4) is 0 Å². The quantitative estimate of drug-likeness (QED) is 0.646. The molecular formula is C6H5N2OS. The van der Waals surface area contributed by atoms with Crippen LogP contribution < -0.4 is 5.73 Å². The summed E-state index contributed by atoms with van der Waals surface area (Å²) in [5.41, 5.74) is 5.15. The molecule has 1 aromatic rings. The van der Waals surface area contributed by atoms with Crippen molar-refractivity contribution < 1.29 is 4.79 Å². The number of nitrogens with zero attached hydrogens (tertiary/aromatic N) is 1. The number of hydrogen-bond donors (Lipinski definition) is 1. The van der Waals surface area contributed by atoms with Crippen LogP contribution in [-0.4, -0.2) is 10.9 Å². The number of carbonyl (C=O) groups excluding carboxylic acids is 1. The second kappa shape index (κ2) is 2.62. The molecule has 0 spiro atoms. The number of rotatable bonds is 1. The van der Waals surface area contributed by atoms with Crippen LogP contribution in [0.4, 0.5) is 0 Å². The molecule has 10 heavy (non-hydrogen) atoms. The van der Waals surface area contributed by atoms with E-state index in [1.165, 1.54) is 12.3 Å². The Morgan fingerprint density at radius 2 is 2.40 bits per heavy atom. The van der Waals surface area contributed by atoms with E-state index in [2.05, 4.69) is 4.98 Å². The van der Waals surface area contributed by atoms with E-state index in [-0.39, 0.29) is 5.69 Å². The van der Waals surface area contributed by atoms with Crippen LogP contribution in [-0.2, 0) is 0 Å². The summed E-state index contributed by atoms with van der Waals surface area (Å²) in [6, 6.07) is 3.10. The summed E-state index contributed by atoms with van der Waals surface area (Å²) in [7, 11) is 0. The zero-order chi connectivity index (χ0) is 7.56. The summed E-state index contributed by atoms with van der Waals surface area (Å²) in [5.74, 6) is -0.549. The topological polar surface area (TPSA) is 56.0 Å². The van der Waals surface area contributed by atoms with Gasteiger partial charge in [-0.1, -0.05) is 12.6 Å². The molecule has 0 aliphatic carbocycles. The number of amides is 1. The molecule has 1 aromatic heterocycles. The van der Waals surface area contributed by atoms with Crippen LogP contribution in [0.15, 0.2) is 23.2 Å². The number of aromatic nitrogens is 1. The Kier molecular flexibility index (Phi) is 1.82. The largest absolute Gasteiger partial charge is 0.364 e. The van der Waals surface area contributed by atoms with E-state index in [4.69, 9.17) is 18.4 Å². The maximum atomic E-state index is 10.5. The molecule has 1 radical (unpaired) electrons. The molecule has 4 heteroatoms. The lowest BCUT2D eigenvalue weighted by atomic mass is 10.3. The van der Waals surface area contributed by atoms with Gasteiger partial charge in [-0.15, -0.1) is 0 Å². The first-order valence-electron chi connectivity index (χ1n) is 2.63. The minimum atomic E-state index is -0.549. The van der Waals surface area contributed by atoms with Crippen LogP contribution in [0, 0.1) is 0 Å². The van der Waals surface area contributed by atoms with Gasteiger partial charge in [-0.05, 0) is 12.1 Å². The maximum Gasteiger partial charge on any atom is 0.267 e. The molecule has 0 bridgehead atoms. The van der Waals surface area contributed by atoms with Crippen molar-refractivity contribution in [1.82, 2.24) is 4.98 Å². The van der Waals surface area contributed by atoms with Gasteiger partial charge in [0.2, 0.25) is 0 Å². The summed E-state index contributed by atoms with van der Waals surface area (Å²) < 4.78 is 0. The monoisotopic (exact) mass is 153 g/mol. The van der Waals surface area contributed by atoms with Crippen molar-refractivity contribution in [2.24, 2.45) is 5.73 Å². The van der Waals surface area contributed by atoms with Crippen molar-refractivity contribution in [1.29, 1.82) is 0 Å². The zero-order valence-electron chi connectivity index (χ0n) is 5.07. The Morgan fingerprint density at radius 1 is 1.70 bits per heavy atom. The molecule has 1 amide bonds. The lowest BCUT2D eigenvalue weighted by Gasteiger charge is -1.92. The first-order valence-corrected chi connectivity index (χ1v) is 3.04. The molecule has 51 valence electrons. The Hall–Kier alpha value is -1.16. The molecule has 0 aliphatic heterocycles. The standard InChI is InChI=1S/C6H5N2OS/c7-6(9)5-3-4(10)1-2-8-5/h1-3H,(H2,7,9). The van der Waals surface area contributed by atoms with Crippen molar-refractivity contribution in [2.45, 2.75) is 4.90 Å². The van der Waals surface area contributed by atoms with Gasteiger partial charge in [0, 0.05) is 11.1 Å². The molecule has 1 heterocycles. The number of carbonyl (C=O) groups is 1. The fourth-order valence-corrected chi connectivity index (χ4v) is 0.718. The van der Waals surface area contributed by atoms with Gasteiger partial charge in [0.25, 0.3) is 5.91 Å². The van der Waals surface area contributed by atoms with Gasteiger partial charge >= 0.3 is 0 Å². The fourth-order valence-electron chi connectivity index (χ4n) is 0.546. The third-order valence-corrected chi connectivity index (χ3v) is 1.24. The first-order chi connectivity index (χ1) is 4.70. The lowest BCUT2D eigenvalue weighted by molar-refractivity contribution is 0.0995. The smallest absolute Gasteiger partial charge is 0.267 e. The van der Waals surface area contributed by atoms with E-state index in [1.807, 2.05) is 0 Å². The van der Waals surface area contributed by atoms with E-state index < -0.39 is 5.91 Å². The van der Waals surface area contributed by atoms with Crippen LogP contribution in [0.1, 0.15) is 10.5 Å². The van der Waals surface area contributed by atoms with Crippen LogP contribution in [0.2, 0.25) is 0 Å². The van der Waals surface area contributed by atoms with Gasteiger partial charge in [-0.2, -0.15) is 0 Å². The van der Waals surface area contributed by atoms with Gasteiger partial charge in [-0.25, -0.2) is 0 Å². The summed E-state index contributed by atoms with van der Waals surface area (Å²) in [4.78, 5) is 14.7. The number of hydrogen-bond acceptors (Lipinski definition) is 2. The third kappa shape index (κ3) is 1.41. The van der Waals surface area contributed by atoms with Crippen LogP contribution in [0.3, 0.4) is 0 Å². The van der Waals surface area contributed by atoms with E-state index in [9.17, 15) is 4.79 Å². The Labute approximate surface area is 63.7 Å². The fraction of sp³-hybridized carbons (Fsp3) is 0. The average molecular weight is 153 g/mol. The normalized spacial score (nSPS) is 9.20. The van der Waals surface area contributed by atoms with Gasteiger partial charge in [0.1, 0.15) is 5.69 Å². The highest BCUT2D eigenvalue weighted by Crippen LogP contribution is 2.04. The second-order valence-electron chi connectivity index (χ2n) is 1.74. The van der Waals surface area contributed by atoms with Crippen molar-refractivity contribution in [3.63, 3.8) is 0 Å². The van der Waals surface area contributed by atoms with Gasteiger partial charge in [0.05, 0.1) is 0 Å². The summed E-state index contributed by atoms with van der Waals surface area (Å²) in [6.45, 7) is 0. The Morgan fingerprint density at radius 3 is 2.80 bits per heavy atom. The zero-order valence-corrected chi connectivity index (χ0v) is 5.89. The predicted octanol–water partition coefficient (Wildman–Crippen LogP) is 0.737. The number of pyridine rings is 1. The Balaban J connectivity index is 3.07. The van der Waals surface area contributed by atoms with Crippen molar-refractivity contribution in [3.05, 3.63) is 24.0 Å². The van der Waals surface area contributed by atoms with E-state index in [1.54, 1.807) is 6.07 Å². The molecule has 0 saturated heterocycles. The molecule has 2 N–H and O–H groups in total. The highest BCUT2D eigenvalue weighted by molar-refractivity contribution is 7.80. The molecule has 0 aliphatic rings. The Bertz CT molecular complexity index is 262. The minimum Gasteiger partial charge on any atom is -0.364 e. The van der Waals surface area contributed by atoms with Gasteiger partial charge in [-0.3, -0.25) is 9.78 Å². The minimum absolute atomic E-state index is 0.215. The first kappa shape index (κ1) is 6.95. The molecule has 1 rings (SSSR count). The van der Waals surface area contributed by atoms with Crippen LogP contribution in [0.5, 0.6) is 0 Å². The number of nitrogens with two attached hydrogens (primary N) is 1. The van der Waals surface area contributed by atoms with Crippen LogP contribution in [0.25, 0.3) is 0 Å². The number of primary amides is 1. The van der Waals surface area contributed by atoms with Crippen molar-refractivity contribution >= 4 is 18.5 Å². The van der Waals surface area contributed by atoms with Crippen LogP contribution >= 0.6 is 12.6 Å². The molecule has 0 unspecified atom stereocenters. The van der Waals surface area contributed by atoms with E-state index in [0.29, 0.717) is 4.90 Å². The SMILES string of the molecule is NC(=O)c1cc([S])ccn1. The van der Waals surface area contributed by atoms with E-state index in [0.717, 1.165) is 0 Å². The second-order valence-corrected chi connectivity index (χ2v) is 2.21. The third-order valence-electron chi connectivity index (χ3n) is 0.984. The summed E-state index contributed by atoms with van der Waals surface area (Å²) in [6.07, 6.45) is 1.46. The van der Waals surface area contributed by atoms with E-state index >= 15 is 0 Å². The van der Waals surface area contributed by atoms with Gasteiger partial charge in [0.15, 0.2) is 0 Å². The lowest BCUT2D eigenvalue weighted by Crippen LogP contribution is -2.12. The molecule has 0 saturated carbocycles. The summed E-state index contributed by atoms with van der Waals surface area (Å²) >= 11 is 4.77. The maximum absolute atomic E-state index is 10.5. The molecule has 0 aromatic carbocycles. The highest BCUT2D eigenvalue weighted by Gasteiger charge is 1.99. The predicted molar refractivity (Wildman–Crippen MR) is 38.6 cm³/mol. The molecule has 0 fully saturated rings. The highest BCUT2D eigenvalue weighted by atomic mass is 32.1. The van der Waals surface area contributed by atoms with Crippen molar-refractivity contribution in [2.75, 3.05) is 0 Å². The molecular weight excluding hydrogens is 148 g/mol. The molecule has 3 nitrogen and oxygen atoms in total. The average Bonchev–Trinajstić information content (AvgIpc) is 1.88.